The van der Waals surface area contributed by atoms with E-state index in [1.54, 1.807) is 15.8 Å². The molecule has 1 aliphatic rings. The monoisotopic (exact) mass is 280 g/mol. The molecular weight excluding hydrogens is 260 g/mol. The summed E-state index contributed by atoms with van der Waals surface area (Å²) in [6.07, 6.45) is 5.27. The van der Waals surface area contributed by atoms with Crippen molar-refractivity contribution in [2.24, 2.45) is 5.92 Å². The number of amides is 2. The van der Waals surface area contributed by atoms with Crippen LogP contribution in [-0.2, 0) is 11.3 Å². The average molecular weight is 280 g/mol. The minimum absolute atomic E-state index is 0.0741. The minimum atomic E-state index is -0.771. The number of nitrogens with zero attached hydrogens (tertiary/aromatic N) is 3. The Morgan fingerprint density at radius 3 is 3.00 bits per heavy atom. The van der Waals surface area contributed by atoms with Crippen molar-refractivity contribution in [2.75, 3.05) is 19.6 Å². The fourth-order valence-corrected chi connectivity index (χ4v) is 2.40. The molecule has 20 heavy (non-hydrogen) atoms. The van der Waals surface area contributed by atoms with Crippen LogP contribution in [0.2, 0.25) is 0 Å². The third kappa shape index (κ3) is 4.25. The smallest absolute Gasteiger partial charge is 0.317 e. The van der Waals surface area contributed by atoms with Crippen LogP contribution in [0.1, 0.15) is 19.3 Å². The molecule has 0 aromatic carbocycles. The van der Waals surface area contributed by atoms with Crippen LogP contribution >= 0.6 is 0 Å². The molecule has 2 amide bonds. The van der Waals surface area contributed by atoms with Crippen LogP contribution in [0.5, 0.6) is 0 Å². The van der Waals surface area contributed by atoms with E-state index in [1.807, 2.05) is 12.3 Å². The zero-order valence-electron chi connectivity index (χ0n) is 11.4. The van der Waals surface area contributed by atoms with Gasteiger partial charge in [0.2, 0.25) is 0 Å². The molecule has 2 N–H and O–H groups in total. The maximum Gasteiger partial charge on any atom is 0.317 e. The molecule has 7 nitrogen and oxygen atoms in total. The van der Waals surface area contributed by atoms with Gasteiger partial charge in [-0.15, -0.1) is 0 Å². The summed E-state index contributed by atoms with van der Waals surface area (Å²) in [6, 6.07) is 1.77. The van der Waals surface area contributed by atoms with E-state index in [0.29, 0.717) is 38.5 Å². The summed E-state index contributed by atoms with van der Waals surface area (Å²) in [5.74, 6) is -0.463. The van der Waals surface area contributed by atoms with Crippen LogP contribution in [0, 0.1) is 5.92 Å². The number of carbonyl (C=O) groups is 2. The molecule has 7 heteroatoms. The van der Waals surface area contributed by atoms with Crippen molar-refractivity contribution in [2.45, 2.75) is 25.8 Å². The Kier molecular flexibility index (Phi) is 4.97. The van der Waals surface area contributed by atoms with Crippen molar-refractivity contribution in [3.05, 3.63) is 18.5 Å². The van der Waals surface area contributed by atoms with E-state index in [-0.39, 0.29) is 12.5 Å². The van der Waals surface area contributed by atoms with Crippen LogP contribution in [0.4, 0.5) is 4.79 Å². The van der Waals surface area contributed by atoms with Gasteiger partial charge >= 0.3 is 12.0 Å². The lowest BCUT2D eigenvalue weighted by molar-refractivity contribution is -0.137. The number of rotatable bonds is 6. The molecule has 1 unspecified atom stereocenters. The Morgan fingerprint density at radius 2 is 2.30 bits per heavy atom. The zero-order valence-corrected chi connectivity index (χ0v) is 11.4. The van der Waals surface area contributed by atoms with E-state index < -0.39 is 5.97 Å². The van der Waals surface area contributed by atoms with Crippen molar-refractivity contribution in [1.82, 2.24) is 20.0 Å². The highest BCUT2D eigenvalue weighted by atomic mass is 16.4. The Bertz CT molecular complexity index is 446. The van der Waals surface area contributed by atoms with Crippen LogP contribution in [0.25, 0.3) is 0 Å². The number of hydrogen-bond acceptors (Lipinski definition) is 3. The molecule has 0 spiro atoms. The molecule has 110 valence electrons. The molecular formula is C13H20N4O3. The SMILES string of the molecule is O=C(O)CCC1CCN(C(=O)NCCn2cccn2)C1. The first-order valence-corrected chi connectivity index (χ1v) is 6.87. The Labute approximate surface area is 117 Å². The largest absolute Gasteiger partial charge is 0.481 e. The molecule has 2 heterocycles. The lowest BCUT2D eigenvalue weighted by atomic mass is 10.0. The molecule has 1 aromatic heterocycles. The Hall–Kier alpha value is -2.05. The van der Waals surface area contributed by atoms with Gasteiger partial charge in [0.25, 0.3) is 0 Å². The topological polar surface area (TPSA) is 87.5 Å². The number of carboxylic acids is 1. The van der Waals surface area contributed by atoms with Crippen LogP contribution < -0.4 is 5.32 Å². The first-order chi connectivity index (χ1) is 9.65. The Balaban J connectivity index is 1.65. The molecule has 1 atom stereocenters. The number of carbonyl (C=O) groups excluding carboxylic acids is 1. The highest BCUT2D eigenvalue weighted by Crippen LogP contribution is 2.20. The molecule has 1 saturated heterocycles. The number of aliphatic carboxylic acids is 1. The zero-order chi connectivity index (χ0) is 14.4. The summed E-state index contributed by atoms with van der Waals surface area (Å²) in [4.78, 5) is 24.2. The molecule has 0 aliphatic carbocycles. The molecule has 1 aliphatic heterocycles. The first kappa shape index (κ1) is 14.4. The fourth-order valence-electron chi connectivity index (χ4n) is 2.40. The average Bonchev–Trinajstić information content (AvgIpc) is 3.07. The van der Waals surface area contributed by atoms with Crippen LogP contribution in [0.3, 0.4) is 0 Å². The lowest BCUT2D eigenvalue weighted by Crippen LogP contribution is -2.39. The predicted molar refractivity (Wildman–Crippen MR) is 72.2 cm³/mol. The first-order valence-electron chi connectivity index (χ1n) is 6.87. The molecule has 1 fully saturated rings. The van der Waals surface area contributed by atoms with E-state index in [1.165, 1.54) is 0 Å². The van der Waals surface area contributed by atoms with E-state index in [4.69, 9.17) is 5.11 Å². The summed E-state index contributed by atoms with van der Waals surface area (Å²) in [7, 11) is 0. The van der Waals surface area contributed by atoms with Gasteiger partial charge < -0.3 is 15.3 Å². The molecule has 2 rings (SSSR count). The Morgan fingerprint density at radius 1 is 1.45 bits per heavy atom. The molecule has 0 bridgehead atoms. The molecule has 1 aromatic rings. The van der Waals surface area contributed by atoms with Gasteiger partial charge in [-0.3, -0.25) is 9.48 Å². The van der Waals surface area contributed by atoms with E-state index >= 15 is 0 Å². The maximum absolute atomic E-state index is 11.9. The third-order valence-electron chi connectivity index (χ3n) is 3.52. The van der Waals surface area contributed by atoms with Crippen LogP contribution in [-0.4, -0.2) is 51.4 Å². The quantitative estimate of drug-likeness (QED) is 0.806. The normalized spacial score (nSPS) is 18.2. The van der Waals surface area contributed by atoms with Crippen molar-refractivity contribution in [3.8, 4) is 0 Å². The van der Waals surface area contributed by atoms with Gasteiger partial charge in [0, 0.05) is 38.4 Å². The van der Waals surface area contributed by atoms with Gasteiger partial charge in [0.15, 0.2) is 0 Å². The standard InChI is InChI=1S/C13H20N4O3/c18-12(19)3-2-11-4-8-16(10-11)13(20)14-6-9-17-7-1-5-15-17/h1,5,7,11H,2-4,6,8-10H2,(H,14,20)(H,18,19). The summed E-state index contributed by atoms with van der Waals surface area (Å²) in [6.45, 7) is 2.55. The number of hydrogen-bond donors (Lipinski definition) is 2. The lowest BCUT2D eigenvalue weighted by Gasteiger charge is -2.17. The van der Waals surface area contributed by atoms with E-state index in [0.717, 1.165) is 6.42 Å². The maximum atomic E-state index is 11.9. The summed E-state index contributed by atoms with van der Waals surface area (Å²) in [5, 5.41) is 15.6. The van der Waals surface area contributed by atoms with Crippen molar-refractivity contribution >= 4 is 12.0 Å². The third-order valence-corrected chi connectivity index (χ3v) is 3.52. The van der Waals surface area contributed by atoms with Gasteiger partial charge in [-0.25, -0.2) is 4.79 Å². The second-order valence-electron chi connectivity index (χ2n) is 5.03. The van der Waals surface area contributed by atoms with Gasteiger partial charge in [0.1, 0.15) is 0 Å². The number of carboxylic acid groups (broad SMARTS) is 1. The number of likely N-dealkylation sites (tertiary alicyclic amines) is 1. The van der Waals surface area contributed by atoms with Crippen molar-refractivity contribution in [1.29, 1.82) is 0 Å². The van der Waals surface area contributed by atoms with Crippen molar-refractivity contribution < 1.29 is 14.7 Å². The predicted octanol–water partition coefficient (Wildman–Crippen LogP) is 0.779. The number of nitrogens with one attached hydrogen (secondary N) is 1. The second kappa shape index (κ2) is 6.93. The number of urea groups is 1. The summed E-state index contributed by atoms with van der Waals surface area (Å²) in [5.41, 5.74) is 0. The fraction of sp³-hybridized carbons (Fsp3) is 0.615. The van der Waals surface area contributed by atoms with Crippen molar-refractivity contribution in [3.63, 3.8) is 0 Å². The van der Waals surface area contributed by atoms with Gasteiger partial charge in [0.05, 0.1) is 6.54 Å². The minimum Gasteiger partial charge on any atom is -0.481 e. The van der Waals surface area contributed by atoms with E-state index in [2.05, 4.69) is 10.4 Å². The highest BCUT2D eigenvalue weighted by Gasteiger charge is 2.26. The summed E-state index contributed by atoms with van der Waals surface area (Å²) >= 11 is 0. The van der Waals surface area contributed by atoms with Gasteiger partial charge in [-0.1, -0.05) is 0 Å². The van der Waals surface area contributed by atoms with Gasteiger partial charge in [-0.05, 0) is 24.8 Å². The summed E-state index contributed by atoms with van der Waals surface area (Å²) < 4.78 is 1.76. The second-order valence-corrected chi connectivity index (χ2v) is 5.03. The van der Waals surface area contributed by atoms with E-state index in [9.17, 15) is 9.59 Å². The number of aromatic nitrogens is 2. The molecule has 0 radical (unpaired) electrons. The highest BCUT2D eigenvalue weighted by molar-refractivity contribution is 5.74. The molecule has 0 saturated carbocycles. The van der Waals surface area contributed by atoms with Crippen LogP contribution in [0.15, 0.2) is 18.5 Å². The van der Waals surface area contributed by atoms with Gasteiger partial charge in [-0.2, -0.15) is 5.10 Å².